The lowest BCUT2D eigenvalue weighted by Crippen LogP contribution is -2.32. The van der Waals surface area contributed by atoms with Crippen LogP contribution in [0.15, 0.2) is 10.1 Å². The third-order valence-electron chi connectivity index (χ3n) is 0.822. The number of nitrogens with zero attached hydrogens (tertiary/aromatic N) is 3. The minimum absolute atomic E-state index is 0.170. The van der Waals surface area contributed by atoms with Gasteiger partial charge in [0, 0.05) is 14.1 Å². The summed E-state index contributed by atoms with van der Waals surface area (Å²) in [6, 6.07) is 0. The standard InChI is InChI=1S/C4H11N5O2/c1-9(2)4(6)7-3(5)8-11-10/h10H,1-2H3,(H4,5,6,7,8). The monoisotopic (exact) mass is 161 g/mol. The number of hydrogen-bond donors (Lipinski definition) is 3. The van der Waals surface area contributed by atoms with Crippen LogP contribution < -0.4 is 11.5 Å². The molecule has 7 heteroatoms. The van der Waals surface area contributed by atoms with Gasteiger partial charge < -0.3 is 16.4 Å². The highest BCUT2D eigenvalue weighted by atomic mass is 17.2. The van der Waals surface area contributed by atoms with Gasteiger partial charge in [-0.15, -0.1) is 0 Å². The van der Waals surface area contributed by atoms with E-state index in [1.807, 2.05) is 0 Å². The highest BCUT2D eigenvalue weighted by molar-refractivity contribution is 5.92. The van der Waals surface area contributed by atoms with Crippen molar-refractivity contribution in [2.45, 2.75) is 0 Å². The van der Waals surface area contributed by atoms with E-state index in [9.17, 15) is 0 Å². The zero-order chi connectivity index (χ0) is 8.85. The van der Waals surface area contributed by atoms with Crippen LogP contribution in [0, 0.1) is 0 Å². The van der Waals surface area contributed by atoms with Crippen molar-refractivity contribution in [3.63, 3.8) is 0 Å². The maximum Gasteiger partial charge on any atom is 0.264 e. The van der Waals surface area contributed by atoms with Crippen molar-refractivity contribution in [1.82, 2.24) is 4.90 Å². The molecule has 0 aliphatic heterocycles. The Morgan fingerprint density at radius 1 is 1.45 bits per heavy atom. The van der Waals surface area contributed by atoms with E-state index >= 15 is 0 Å². The first kappa shape index (κ1) is 9.50. The van der Waals surface area contributed by atoms with Crippen LogP contribution in [-0.2, 0) is 4.99 Å². The van der Waals surface area contributed by atoms with Crippen molar-refractivity contribution < 1.29 is 10.2 Å². The number of rotatable bonds is 1. The van der Waals surface area contributed by atoms with Gasteiger partial charge in [-0.05, 0) is 5.16 Å². The van der Waals surface area contributed by atoms with Gasteiger partial charge in [-0.1, -0.05) is 0 Å². The fourth-order valence-corrected chi connectivity index (χ4v) is 0.280. The summed E-state index contributed by atoms with van der Waals surface area (Å²) in [7, 11) is 3.37. The van der Waals surface area contributed by atoms with E-state index in [0.717, 1.165) is 0 Å². The molecule has 0 radical (unpaired) electrons. The maximum absolute atomic E-state index is 7.80. The average Bonchev–Trinajstić information content (AvgIpc) is 1.87. The van der Waals surface area contributed by atoms with Gasteiger partial charge in [0.2, 0.25) is 0 Å². The van der Waals surface area contributed by atoms with Gasteiger partial charge in [0.05, 0.1) is 0 Å². The Morgan fingerprint density at radius 3 is 2.36 bits per heavy atom. The molecule has 0 aromatic heterocycles. The predicted molar refractivity (Wildman–Crippen MR) is 40.6 cm³/mol. The van der Waals surface area contributed by atoms with Gasteiger partial charge in [0.25, 0.3) is 5.96 Å². The molecule has 0 unspecified atom stereocenters. The van der Waals surface area contributed by atoms with Crippen LogP contribution in [0.4, 0.5) is 0 Å². The van der Waals surface area contributed by atoms with Crippen LogP contribution in [-0.4, -0.2) is 36.2 Å². The Labute approximate surface area is 63.9 Å². The fraction of sp³-hybridized carbons (Fsp3) is 0.500. The molecule has 0 bridgehead atoms. The Balaban J connectivity index is 4.18. The van der Waals surface area contributed by atoms with E-state index in [1.54, 1.807) is 14.1 Å². The van der Waals surface area contributed by atoms with Crippen molar-refractivity contribution in [3.05, 3.63) is 0 Å². The summed E-state index contributed by atoms with van der Waals surface area (Å²) in [6.45, 7) is 0. The molecule has 0 aromatic carbocycles. The van der Waals surface area contributed by atoms with Gasteiger partial charge in [0.15, 0.2) is 5.96 Å². The van der Waals surface area contributed by atoms with Crippen molar-refractivity contribution in [2.24, 2.45) is 21.6 Å². The van der Waals surface area contributed by atoms with Gasteiger partial charge >= 0.3 is 0 Å². The minimum Gasteiger partial charge on any atom is -0.369 e. The van der Waals surface area contributed by atoms with Crippen LogP contribution in [0.3, 0.4) is 0 Å². The van der Waals surface area contributed by atoms with E-state index in [4.69, 9.17) is 16.7 Å². The van der Waals surface area contributed by atoms with Gasteiger partial charge in [0.1, 0.15) is 0 Å². The minimum atomic E-state index is -0.251. The fourth-order valence-electron chi connectivity index (χ4n) is 0.280. The first-order valence-corrected chi connectivity index (χ1v) is 2.73. The summed E-state index contributed by atoms with van der Waals surface area (Å²) >= 11 is 0. The first-order chi connectivity index (χ1) is 5.07. The van der Waals surface area contributed by atoms with E-state index < -0.39 is 0 Å². The van der Waals surface area contributed by atoms with Crippen molar-refractivity contribution in [3.8, 4) is 0 Å². The maximum atomic E-state index is 7.80. The second kappa shape index (κ2) is 4.34. The molecule has 0 aliphatic carbocycles. The number of aliphatic imine (C=N–C) groups is 1. The molecule has 11 heavy (non-hydrogen) atoms. The van der Waals surface area contributed by atoms with E-state index in [2.05, 4.69) is 15.1 Å². The van der Waals surface area contributed by atoms with Crippen LogP contribution in [0.5, 0.6) is 0 Å². The SMILES string of the molecule is CN(C)/C(N)=N\C(N)=N/OO. The molecule has 0 spiro atoms. The third kappa shape index (κ3) is 3.98. The summed E-state index contributed by atoms with van der Waals surface area (Å²) in [4.78, 5) is 8.42. The summed E-state index contributed by atoms with van der Waals surface area (Å²) in [5, 5.41) is 10.7. The Bertz CT molecular complexity index is 175. The summed E-state index contributed by atoms with van der Waals surface area (Å²) in [6.07, 6.45) is 0. The second-order valence-electron chi connectivity index (χ2n) is 1.90. The van der Waals surface area contributed by atoms with Crippen LogP contribution in [0.1, 0.15) is 0 Å². The molecule has 0 heterocycles. The lowest BCUT2D eigenvalue weighted by atomic mass is 10.8. The molecule has 0 fully saturated rings. The quantitative estimate of drug-likeness (QED) is 0.189. The molecule has 0 saturated carbocycles. The van der Waals surface area contributed by atoms with Crippen molar-refractivity contribution >= 4 is 11.9 Å². The van der Waals surface area contributed by atoms with Crippen molar-refractivity contribution in [2.75, 3.05) is 14.1 Å². The predicted octanol–water partition coefficient (Wildman–Crippen LogP) is -1.42. The van der Waals surface area contributed by atoms with Crippen LogP contribution in [0.25, 0.3) is 0 Å². The molecule has 0 rings (SSSR count). The number of guanidine groups is 2. The topological polar surface area (TPSA) is 109 Å². The number of nitrogens with two attached hydrogens (primary N) is 2. The smallest absolute Gasteiger partial charge is 0.264 e. The summed E-state index contributed by atoms with van der Waals surface area (Å²) in [5.74, 6) is -0.0815. The largest absolute Gasteiger partial charge is 0.369 e. The van der Waals surface area contributed by atoms with Gasteiger partial charge in [-0.25, -0.2) is 4.99 Å². The lowest BCUT2D eigenvalue weighted by Gasteiger charge is -2.08. The lowest BCUT2D eigenvalue weighted by molar-refractivity contribution is -0.243. The Morgan fingerprint density at radius 2 is 2.00 bits per heavy atom. The first-order valence-electron chi connectivity index (χ1n) is 2.73. The molecule has 0 atom stereocenters. The van der Waals surface area contributed by atoms with Crippen LogP contribution >= 0.6 is 0 Å². The highest BCUT2D eigenvalue weighted by Crippen LogP contribution is 1.77. The average molecular weight is 161 g/mol. The zero-order valence-corrected chi connectivity index (χ0v) is 6.35. The van der Waals surface area contributed by atoms with Gasteiger partial charge in [-0.2, -0.15) is 10.2 Å². The number of hydrogen-bond acceptors (Lipinski definition) is 3. The molecule has 0 saturated heterocycles. The molecule has 0 amide bonds. The normalized spacial score (nSPS) is 13.0. The summed E-state index contributed by atoms with van der Waals surface area (Å²) < 4.78 is 0. The Kier molecular flexibility index (Phi) is 3.75. The molecule has 0 aromatic rings. The third-order valence-corrected chi connectivity index (χ3v) is 0.822. The number of oxime groups is 1. The molecule has 64 valence electrons. The van der Waals surface area contributed by atoms with Crippen molar-refractivity contribution in [1.29, 1.82) is 0 Å². The molecule has 5 N–H and O–H groups in total. The second-order valence-corrected chi connectivity index (χ2v) is 1.90. The summed E-state index contributed by atoms with van der Waals surface area (Å²) in [5.41, 5.74) is 10.4. The zero-order valence-electron chi connectivity index (χ0n) is 6.35. The van der Waals surface area contributed by atoms with Crippen LogP contribution in [0.2, 0.25) is 0 Å². The molecular weight excluding hydrogens is 150 g/mol. The molecule has 0 aliphatic rings. The molecule has 7 nitrogen and oxygen atoms in total. The Hall–Kier alpha value is -1.50. The van der Waals surface area contributed by atoms with E-state index in [-0.39, 0.29) is 11.9 Å². The van der Waals surface area contributed by atoms with E-state index in [1.165, 1.54) is 4.90 Å². The molecular formula is C4H11N5O2. The highest BCUT2D eigenvalue weighted by Gasteiger charge is 1.95. The van der Waals surface area contributed by atoms with Gasteiger partial charge in [-0.3, -0.25) is 0 Å². The van der Waals surface area contributed by atoms with E-state index in [0.29, 0.717) is 0 Å².